The monoisotopic (exact) mass is 269 g/mol. The minimum atomic E-state index is -0.0677. The first-order chi connectivity index (χ1) is 9.54. The molecule has 0 spiro atoms. The third kappa shape index (κ3) is 3.85. The van der Waals surface area contributed by atoms with Crippen LogP contribution in [0.3, 0.4) is 0 Å². The van der Waals surface area contributed by atoms with Crippen LogP contribution < -0.4 is 10.1 Å². The molecule has 20 heavy (non-hydrogen) atoms. The van der Waals surface area contributed by atoms with Crippen molar-refractivity contribution in [3.63, 3.8) is 0 Å². The lowest BCUT2D eigenvalue weighted by atomic mass is 10.2. The van der Waals surface area contributed by atoms with Crippen molar-refractivity contribution in [2.24, 2.45) is 0 Å². The first-order valence-corrected chi connectivity index (χ1v) is 6.70. The second kappa shape index (κ2) is 6.24. The van der Waals surface area contributed by atoms with Crippen LogP contribution >= 0.6 is 0 Å². The molecule has 3 nitrogen and oxygen atoms in total. The van der Waals surface area contributed by atoms with Gasteiger partial charge in [-0.25, -0.2) is 0 Å². The molecule has 0 unspecified atom stereocenters. The van der Waals surface area contributed by atoms with Crippen molar-refractivity contribution in [1.29, 1.82) is 0 Å². The number of hydrogen-bond donors (Lipinski definition) is 1. The summed E-state index contributed by atoms with van der Waals surface area (Å²) in [7, 11) is 0. The SMILES string of the molecule is Cc1ccc(Oc2ccc(C(=O)NC(C)C)cc2)cc1. The number of carbonyl (C=O) groups is 1. The van der Waals surface area contributed by atoms with Gasteiger partial charge in [0, 0.05) is 11.6 Å². The van der Waals surface area contributed by atoms with Gasteiger partial charge in [0.15, 0.2) is 0 Å². The van der Waals surface area contributed by atoms with Crippen molar-refractivity contribution in [3.8, 4) is 11.5 Å². The lowest BCUT2D eigenvalue weighted by Crippen LogP contribution is -2.29. The molecule has 1 N–H and O–H groups in total. The molecule has 0 atom stereocenters. The van der Waals surface area contributed by atoms with E-state index in [-0.39, 0.29) is 11.9 Å². The Morgan fingerprint density at radius 3 is 1.95 bits per heavy atom. The van der Waals surface area contributed by atoms with E-state index in [2.05, 4.69) is 5.32 Å². The number of aryl methyl sites for hydroxylation is 1. The summed E-state index contributed by atoms with van der Waals surface area (Å²) >= 11 is 0. The van der Waals surface area contributed by atoms with E-state index in [1.807, 2.05) is 45.0 Å². The Balaban J connectivity index is 2.04. The van der Waals surface area contributed by atoms with Crippen molar-refractivity contribution in [1.82, 2.24) is 5.32 Å². The predicted octanol–water partition coefficient (Wildman–Crippen LogP) is 3.93. The van der Waals surface area contributed by atoms with Crippen LogP contribution in [0.15, 0.2) is 48.5 Å². The number of nitrogens with one attached hydrogen (secondary N) is 1. The zero-order valence-electron chi connectivity index (χ0n) is 12.0. The van der Waals surface area contributed by atoms with Gasteiger partial charge in [0.05, 0.1) is 0 Å². The van der Waals surface area contributed by atoms with E-state index in [1.54, 1.807) is 24.3 Å². The number of benzene rings is 2. The molecule has 104 valence electrons. The van der Waals surface area contributed by atoms with Gasteiger partial charge in [0.2, 0.25) is 0 Å². The number of amides is 1. The van der Waals surface area contributed by atoms with Crippen molar-refractivity contribution in [2.75, 3.05) is 0 Å². The minimum absolute atomic E-state index is 0.0677. The van der Waals surface area contributed by atoms with Crippen LogP contribution in [0.5, 0.6) is 11.5 Å². The summed E-state index contributed by atoms with van der Waals surface area (Å²) in [5, 5.41) is 2.85. The van der Waals surface area contributed by atoms with E-state index in [1.165, 1.54) is 5.56 Å². The maximum absolute atomic E-state index is 11.8. The molecule has 2 aromatic carbocycles. The van der Waals surface area contributed by atoms with E-state index < -0.39 is 0 Å². The minimum Gasteiger partial charge on any atom is -0.457 e. The zero-order chi connectivity index (χ0) is 14.5. The smallest absolute Gasteiger partial charge is 0.251 e. The number of carbonyl (C=O) groups excluding carboxylic acids is 1. The fraction of sp³-hybridized carbons (Fsp3) is 0.235. The maximum atomic E-state index is 11.8. The van der Waals surface area contributed by atoms with Crippen molar-refractivity contribution in [3.05, 3.63) is 59.7 Å². The average Bonchev–Trinajstić information content (AvgIpc) is 2.41. The molecule has 3 heteroatoms. The molecule has 1 amide bonds. The third-order valence-electron chi connectivity index (χ3n) is 2.79. The first-order valence-electron chi connectivity index (χ1n) is 6.70. The first kappa shape index (κ1) is 14.1. The highest BCUT2D eigenvalue weighted by Crippen LogP contribution is 2.21. The predicted molar refractivity (Wildman–Crippen MR) is 80.3 cm³/mol. The van der Waals surface area contributed by atoms with Crippen LogP contribution in [-0.2, 0) is 0 Å². The Morgan fingerprint density at radius 2 is 1.45 bits per heavy atom. The average molecular weight is 269 g/mol. The Kier molecular flexibility index (Phi) is 4.41. The summed E-state index contributed by atoms with van der Waals surface area (Å²) in [6, 6.07) is 15.1. The van der Waals surface area contributed by atoms with E-state index in [4.69, 9.17) is 4.74 Å². The fourth-order valence-electron chi connectivity index (χ4n) is 1.76. The van der Waals surface area contributed by atoms with Crippen molar-refractivity contribution in [2.45, 2.75) is 26.8 Å². The Bertz CT molecular complexity index is 571. The summed E-state index contributed by atoms with van der Waals surface area (Å²) in [6.45, 7) is 5.91. The van der Waals surface area contributed by atoms with E-state index >= 15 is 0 Å². The van der Waals surface area contributed by atoms with Gasteiger partial charge in [-0.2, -0.15) is 0 Å². The van der Waals surface area contributed by atoms with Crippen LogP contribution in [0.2, 0.25) is 0 Å². The van der Waals surface area contributed by atoms with Crippen molar-refractivity contribution < 1.29 is 9.53 Å². The summed E-state index contributed by atoms with van der Waals surface area (Å²) in [5.41, 5.74) is 1.83. The van der Waals surface area contributed by atoms with Gasteiger partial charge >= 0.3 is 0 Å². The Hall–Kier alpha value is -2.29. The molecule has 0 aliphatic carbocycles. The molecule has 0 aliphatic rings. The van der Waals surface area contributed by atoms with Crippen LogP contribution in [0, 0.1) is 6.92 Å². The molecule has 0 saturated heterocycles. The third-order valence-corrected chi connectivity index (χ3v) is 2.79. The number of rotatable bonds is 4. The molecule has 0 heterocycles. The van der Waals surface area contributed by atoms with Crippen LogP contribution in [0.1, 0.15) is 29.8 Å². The quantitative estimate of drug-likeness (QED) is 0.913. The molecule has 0 aromatic heterocycles. The normalized spacial score (nSPS) is 10.4. The molecule has 0 aliphatic heterocycles. The van der Waals surface area contributed by atoms with Crippen LogP contribution in [-0.4, -0.2) is 11.9 Å². The molecule has 2 aromatic rings. The van der Waals surface area contributed by atoms with Gasteiger partial charge in [-0.3, -0.25) is 4.79 Å². The van der Waals surface area contributed by atoms with Gasteiger partial charge in [0.1, 0.15) is 11.5 Å². The fourth-order valence-corrected chi connectivity index (χ4v) is 1.76. The number of hydrogen-bond acceptors (Lipinski definition) is 2. The van der Waals surface area contributed by atoms with Gasteiger partial charge in [0.25, 0.3) is 5.91 Å². The van der Waals surface area contributed by atoms with Gasteiger partial charge in [-0.05, 0) is 57.2 Å². The maximum Gasteiger partial charge on any atom is 0.251 e. The summed E-state index contributed by atoms with van der Waals surface area (Å²) < 4.78 is 5.72. The Labute approximate surface area is 119 Å². The summed E-state index contributed by atoms with van der Waals surface area (Å²) in [4.78, 5) is 11.8. The molecule has 2 rings (SSSR count). The Morgan fingerprint density at radius 1 is 0.950 bits per heavy atom. The summed E-state index contributed by atoms with van der Waals surface area (Å²) in [6.07, 6.45) is 0. The highest BCUT2D eigenvalue weighted by Gasteiger charge is 2.06. The lowest BCUT2D eigenvalue weighted by Gasteiger charge is -2.09. The topological polar surface area (TPSA) is 38.3 Å². The largest absolute Gasteiger partial charge is 0.457 e. The molecule has 0 radical (unpaired) electrons. The van der Waals surface area contributed by atoms with Gasteiger partial charge < -0.3 is 10.1 Å². The standard InChI is InChI=1S/C17H19NO2/c1-12(2)18-17(19)14-6-10-16(11-7-14)20-15-8-4-13(3)5-9-15/h4-12H,1-3H3,(H,18,19). The zero-order valence-corrected chi connectivity index (χ0v) is 12.0. The van der Waals surface area contributed by atoms with Crippen LogP contribution in [0.4, 0.5) is 0 Å². The van der Waals surface area contributed by atoms with Crippen LogP contribution in [0.25, 0.3) is 0 Å². The van der Waals surface area contributed by atoms with Crippen molar-refractivity contribution >= 4 is 5.91 Å². The summed E-state index contributed by atoms with van der Waals surface area (Å²) in [5.74, 6) is 1.44. The van der Waals surface area contributed by atoms with Gasteiger partial charge in [-0.15, -0.1) is 0 Å². The molecular formula is C17H19NO2. The van der Waals surface area contributed by atoms with E-state index in [0.717, 1.165) is 11.5 Å². The second-order valence-corrected chi connectivity index (χ2v) is 5.07. The molecule has 0 bridgehead atoms. The highest BCUT2D eigenvalue weighted by molar-refractivity contribution is 5.94. The highest BCUT2D eigenvalue weighted by atomic mass is 16.5. The van der Waals surface area contributed by atoms with Gasteiger partial charge in [-0.1, -0.05) is 17.7 Å². The van der Waals surface area contributed by atoms with E-state index in [0.29, 0.717) is 5.56 Å². The molecular weight excluding hydrogens is 250 g/mol. The van der Waals surface area contributed by atoms with E-state index in [9.17, 15) is 4.79 Å². The molecule has 0 saturated carbocycles. The number of ether oxygens (including phenoxy) is 1. The molecule has 0 fully saturated rings. The second-order valence-electron chi connectivity index (χ2n) is 5.07. The lowest BCUT2D eigenvalue weighted by molar-refractivity contribution is 0.0943.